The predicted octanol–water partition coefficient (Wildman–Crippen LogP) is 2.92. The minimum absolute atomic E-state index is 0. The maximum absolute atomic E-state index is 12.3. The van der Waals surface area contributed by atoms with E-state index in [0.29, 0.717) is 11.3 Å². The highest BCUT2D eigenvalue weighted by molar-refractivity contribution is 5.99. The number of amides is 1. The normalized spacial score (nSPS) is 14.2. The van der Waals surface area contributed by atoms with Crippen LogP contribution in [0, 0.1) is 13.8 Å². The summed E-state index contributed by atoms with van der Waals surface area (Å²) < 4.78 is 0. The Morgan fingerprint density at radius 2 is 1.81 bits per heavy atom. The number of hydrogen-bond acceptors (Lipinski definition) is 5. The maximum Gasteiger partial charge on any atom is 0.253 e. The molecule has 0 radical (unpaired) electrons. The van der Waals surface area contributed by atoms with Gasteiger partial charge in [-0.05, 0) is 38.8 Å². The van der Waals surface area contributed by atoms with Crippen molar-refractivity contribution >= 4 is 42.2 Å². The summed E-state index contributed by atoms with van der Waals surface area (Å²) >= 11 is 0. The third kappa shape index (κ3) is 5.22. The van der Waals surface area contributed by atoms with Crippen LogP contribution in [-0.2, 0) is 0 Å². The molecule has 26 heavy (non-hydrogen) atoms. The van der Waals surface area contributed by atoms with E-state index in [9.17, 15) is 4.79 Å². The topological polar surface area (TPSA) is 84.1 Å². The van der Waals surface area contributed by atoms with E-state index in [2.05, 4.69) is 20.2 Å². The summed E-state index contributed by atoms with van der Waals surface area (Å²) in [7, 11) is 0. The molecule has 1 saturated heterocycles. The predicted molar refractivity (Wildman–Crippen MR) is 110 cm³/mol. The summed E-state index contributed by atoms with van der Waals surface area (Å²) in [6, 6.07) is 9.33. The highest BCUT2D eigenvalue weighted by atomic mass is 35.5. The number of hydrogen-bond donors (Lipinski definition) is 2. The summed E-state index contributed by atoms with van der Waals surface area (Å²) in [4.78, 5) is 23.4. The molecule has 0 atom stereocenters. The van der Waals surface area contributed by atoms with Gasteiger partial charge in [0.25, 0.3) is 5.91 Å². The number of aromatic nitrogens is 2. The van der Waals surface area contributed by atoms with Crippen LogP contribution >= 0.6 is 24.8 Å². The van der Waals surface area contributed by atoms with E-state index < -0.39 is 0 Å². The molecule has 0 unspecified atom stereocenters. The molecule has 6 nitrogen and oxygen atoms in total. The fraction of sp³-hybridized carbons (Fsp3) is 0.389. The number of anilines is 2. The largest absolute Gasteiger partial charge is 0.398 e. The first kappa shape index (κ1) is 22.0. The van der Waals surface area contributed by atoms with Crippen molar-refractivity contribution < 1.29 is 4.79 Å². The van der Waals surface area contributed by atoms with Crippen molar-refractivity contribution in [1.29, 1.82) is 0 Å². The van der Waals surface area contributed by atoms with Gasteiger partial charge in [0.1, 0.15) is 11.6 Å². The van der Waals surface area contributed by atoms with Crippen molar-refractivity contribution in [2.24, 2.45) is 0 Å². The van der Waals surface area contributed by atoms with Gasteiger partial charge in [0.15, 0.2) is 0 Å². The SMILES string of the molecule is Cc1cc(N2CCC(NC(=O)c3ccccc3N)CC2)nc(C)n1.Cl.Cl. The molecule has 3 rings (SSSR count). The first-order chi connectivity index (χ1) is 11.5. The highest BCUT2D eigenvalue weighted by Crippen LogP contribution is 2.19. The molecule has 1 amide bonds. The van der Waals surface area contributed by atoms with Crippen LogP contribution in [0.5, 0.6) is 0 Å². The fourth-order valence-corrected chi connectivity index (χ4v) is 3.08. The molecule has 0 spiro atoms. The Morgan fingerprint density at radius 1 is 1.15 bits per heavy atom. The van der Waals surface area contributed by atoms with Crippen LogP contribution in [0.2, 0.25) is 0 Å². The van der Waals surface area contributed by atoms with E-state index in [1.54, 1.807) is 12.1 Å². The number of benzene rings is 1. The average molecular weight is 398 g/mol. The third-order valence-electron chi connectivity index (χ3n) is 4.31. The van der Waals surface area contributed by atoms with Gasteiger partial charge in [-0.15, -0.1) is 24.8 Å². The summed E-state index contributed by atoms with van der Waals surface area (Å²) in [6.07, 6.45) is 1.78. The van der Waals surface area contributed by atoms with Crippen molar-refractivity contribution in [1.82, 2.24) is 15.3 Å². The van der Waals surface area contributed by atoms with Gasteiger partial charge in [0.05, 0.1) is 5.56 Å². The van der Waals surface area contributed by atoms with Crippen molar-refractivity contribution in [3.8, 4) is 0 Å². The van der Waals surface area contributed by atoms with Gasteiger partial charge < -0.3 is 16.0 Å². The first-order valence-corrected chi connectivity index (χ1v) is 8.25. The standard InChI is InChI=1S/C18H23N5O.2ClH/c1-12-11-17(21-13(2)20-12)23-9-7-14(8-10-23)22-18(24)15-5-3-4-6-16(15)19;;/h3-6,11,14H,7-10,19H2,1-2H3,(H,22,24);2*1H. The number of para-hydroxylation sites is 1. The first-order valence-electron chi connectivity index (χ1n) is 8.25. The minimum atomic E-state index is -0.0970. The molecule has 1 aromatic heterocycles. The lowest BCUT2D eigenvalue weighted by atomic mass is 10.0. The smallest absolute Gasteiger partial charge is 0.253 e. The summed E-state index contributed by atoms with van der Waals surface area (Å²) in [5, 5.41) is 3.09. The molecular formula is C18H25Cl2N5O. The summed E-state index contributed by atoms with van der Waals surface area (Å²) in [5.41, 5.74) is 7.91. The van der Waals surface area contributed by atoms with Crippen molar-refractivity contribution in [2.75, 3.05) is 23.7 Å². The number of nitrogens with zero attached hydrogens (tertiary/aromatic N) is 3. The zero-order valence-corrected chi connectivity index (χ0v) is 16.6. The molecular weight excluding hydrogens is 373 g/mol. The number of nitrogens with one attached hydrogen (secondary N) is 1. The highest BCUT2D eigenvalue weighted by Gasteiger charge is 2.22. The number of carbonyl (C=O) groups is 1. The van der Waals surface area contributed by atoms with Crippen molar-refractivity contribution in [3.05, 3.63) is 47.4 Å². The maximum atomic E-state index is 12.3. The molecule has 1 aliphatic rings. The van der Waals surface area contributed by atoms with Gasteiger partial charge in [-0.2, -0.15) is 0 Å². The van der Waals surface area contributed by atoms with E-state index in [-0.39, 0.29) is 36.8 Å². The van der Waals surface area contributed by atoms with Crippen LogP contribution in [0.15, 0.2) is 30.3 Å². The van der Waals surface area contributed by atoms with Gasteiger partial charge >= 0.3 is 0 Å². The number of carbonyl (C=O) groups excluding carboxylic acids is 1. The Morgan fingerprint density at radius 3 is 2.42 bits per heavy atom. The molecule has 3 N–H and O–H groups in total. The Kier molecular flexibility index (Phi) is 8.11. The molecule has 0 bridgehead atoms. The van der Waals surface area contributed by atoms with E-state index in [1.807, 2.05) is 32.0 Å². The zero-order valence-electron chi connectivity index (χ0n) is 14.9. The quantitative estimate of drug-likeness (QED) is 0.777. The van der Waals surface area contributed by atoms with E-state index in [1.165, 1.54) is 0 Å². The second kappa shape index (κ2) is 9.59. The van der Waals surface area contributed by atoms with E-state index >= 15 is 0 Å². The van der Waals surface area contributed by atoms with Crippen LogP contribution in [0.3, 0.4) is 0 Å². The monoisotopic (exact) mass is 397 g/mol. The molecule has 142 valence electrons. The Balaban J connectivity index is 0.00000169. The van der Waals surface area contributed by atoms with Crippen LogP contribution < -0.4 is 16.0 Å². The number of piperidine rings is 1. The zero-order chi connectivity index (χ0) is 17.1. The van der Waals surface area contributed by atoms with Gasteiger partial charge in [0.2, 0.25) is 0 Å². The van der Waals surface area contributed by atoms with Gasteiger partial charge in [-0.1, -0.05) is 12.1 Å². The average Bonchev–Trinajstić information content (AvgIpc) is 2.55. The Labute approximate surface area is 166 Å². The number of halogens is 2. The van der Waals surface area contributed by atoms with Crippen LogP contribution in [0.1, 0.15) is 34.7 Å². The lowest BCUT2D eigenvalue weighted by molar-refractivity contribution is 0.0932. The Bertz CT molecular complexity index is 728. The lowest BCUT2D eigenvalue weighted by Crippen LogP contribution is -2.45. The van der Waals surface area contributed by atoms with Crippen LogP contribution in [-0.4, -0.2) is 35.0 Å². The molecule has 1 fully saturated rings. The Hall–Kier alpha value is -2.05. The molecule has 2 heterocycles. The third-order valence-corrected chi connectivity index (χ3v) is 4.31. The number of nitrogens with two attached hydrogens (primary N) is 1. The molecule has 1 aromatic carbocycles. The van der Waals surface area contributed by atoms with Crippen LogP contribution in [0.4, 0.5) is 11.5 Å². The molecule has 1 aliphatic heterocycles. The van der Waals surface area contributed by atoms with Gasteiger partial charge in [0, 0.05) is 36.6 Å². The number of rotatable bonds is 3. The molecule has 2 aromatic rings. The molecule has 0 saturated carbocycles. The number of aryl methyl sites for hydroxylation is 2. The second-order valence-electron chi connectivity index (χ2n) is 6.24. The number of nitrogen functional groups attached to an aromatic ring is 1. The van der Waals surface area contributed by atoms with E-state index in [0.717, 1.165) is 43.3 Å². The fourth-order valence-electron chi connectivity index (χ4n) is 3.08. The van der Waals surface area contributed by atoms with Crippen molar-refractivity contribution in [3.63, 3.8) is 0 Å². The summed E-state index contributed by atoms with van der Waals surface area (Å²) in [6.45, 7) is 5.62. The van der Waals surface area contributed by atoms with Crippen LogP contribution in [0.25, 0.3) is 0 Å². The lowest BCUT2D eigenvalue weighted by Gasteiger charge is -2.33. The van der Waals surface area contributed by atoms with Gasteiger partial charge in [-0.3, -0.25) is 4.79 Å². The minimum Gasteiger partial charge on any atom is -0.398 e. The van der Waals surface area contributed by atoms with Gasteiger partial charge in [-0.25, -0.2) is 9.97 Å². The van der Waals surface area contributed by atoms with Crippen molar-refractivity contribution in [2.45, 2.75) is 32.7 Å². The summed E-state index contributed by atoms with van der Waals surface area (Å²) in [5.74, 6) is 1.66. The molecule has 8 heteroatoms. The molecule has 0 aliphatic carbocycles. The second-order valence-corrected chi connectivity index (χ2v) is 6.24. The van der Waals surface area contributed by atoms with E-state index in [4.69, 9.17) is 5.73 Å².